The molecule has 3 aromatic rings. The Morgan fingerprint density at radius 1 is 1.00 bits per heavy atom. The lowest BCUT2D eigenvalue weighted by molar-refractivity contribution is 0.479. The summed E-state index contributed by atoms with van der Waals surface area (Å²) in [4.78, 5) is 11.9. The van der Waals surface area contributed by atoms with E-state index >= 15 is 0 Å². The lowest BCUT2D eigenvalue weighted by Crippen LogP contribution is -2.01. The van der Waals surface area contributed by atoms with Gasteiger partial charge in [-0.2, -0.15) is 0 Å². The molecule has 3 heteroatoms. The molecule has 88 valence electrons. The fourth-order valence-corrected chi connectivity index (χ4v) is 1.85. The van der Waals surface area contributed by atoms with Gasteiger partial charge < -0.3 is 14.3 Å². The van der Waals surface area contributed by atoms with E-state index in [1.165, 1.54) is 6.07 Å². The number of rotatable bonds is 1. The standard InChI is InChI=1S/C15H9O3/c16-11-7-4-8-13-15(11)12(17)9-14(18-13)10-5-2-1-3-6-10/h1-8,16H/q-1. The van der Waals surface area contributed by atoms with Gasteiger partial charge in [-0.1, -0.05) is 35.9 Å². The van der Waals surface area contributed by atoms with Crippen molar-refractivity contribution in [3.05, 3.63) is 64.8 Å². The molecule has 0 unspecified atom stereocenters. The van der Waals surface area contributed by atoms with Crippen molar-refractivity contribution in [2.24, 2.45) is 0 Å². The molecular weight excluding hydrogens is 228 g/mol. The number of fused-ring (bicyclic) bond motifs is 1. The van der Waals surface area contributed by atoms with Crippen LogP contribution in [-0.2, 0) is 0 Å². The number of benzene rings is 2. The zero-order valence-corrected chi connectivity index (χ0v) is 9.38. The van der Waals surface area contributed by atoms with Gasteiger partial charge in [0.2, 0.25) is 0 Å². The molecular formula is C15H9O3-. The summed E-state index contributed by atoms with van der Waals surface area (Å²) in [6.45, 7) is 0. The largest absolute Gasteiger partial charge is 0.520 e. The van der Waals surface area contributed by atoms with E-state index in [-0.39, 0.29) is 16.6 Å². The molecule has 0 fully saturated rings. The topological polar surface area (TPSA) is 50.4 Å². The van der Waals surface area contributed by atoms with Gasteiger partial charge >= 0.3 is 0 Å². The molecule has 0 aliphatic carbocycles. The minimum absolute atomic E-state index is 0.0860. The molecule has 2 aromatic carbocycles. The first-order valence-electron chi connectivity index (χ1n) is 5.49. The average molecular weight is 237 g/mol. The second-order valence-electron chi connectivity index (χ2n) is 3.90. The second-order valence-corrected chi connectivity index (χ2v) is 3.90. The summed E-state index contributed by atoms with van der Waals surface area (Å²) >= 11 is 0. The van der Waals surface area contributed by atoms with Crippen LogP contribution in [0.5, 0.6) is 5.75 Å². The second kappa shape index (κ2) is 4.04. The Labute approximate surface area is 103 Å². The van der Waals surface area contributed by atoms with Crippen LogP contribution in [0.2, 0.25) is 0 Å². The lowest BCUT2D eigenvalue weighted by atomic mass is 10.1. The molecule has 1 aromatic heterocycles. The van der Waals surface area contributed by atoms with Crippen LogP contribution in [0.25, 0.3) is 22.3 Å². The maximum Gasteiger partial charge on any atom is 0.0861 e. The molecule has 1 N–H and O–H groups in total. The zero-order valence-electron chi connectivity index (χ0n) is 9.38. The maximum atomic E-state index is 11.9. The highest BCUT2D eigenvalue weighted by atomic mass is 16.3. The van der Waals surface area contributed by atoms with Gasteiger partial charge in [0.1, 0.15) is 0 Å². The van der Waals surface area contributed by atoms with Gasteiger partial charge in [0.05, 0.1) is 16.8 Å². The Morgan fingerprint density at radius 2 is 1.78 bits per heavy atom. The van der Waals surface area contributed by atoms with Gasteiger partial charge in [0.15, 0.2) is 0 Å². The summed E-state index contributed by atoms with van der Waals surface area (Å²) in [5.41, 5.74) is 0.769. The van der Waals surface area contributed by atoms with E-state index < -0.39 is 0 Å². The first kappa shape index (κ1) is 10.6. The van der Waals surface area contributed by atoms with Gasteiger partial charge in [-0.05, 0) is 12.1 Å². The van der Waals surface area contributed by atoms with Crippen LogP contribution in [0, 0.1) is 6.07 Å². The van der Waals surface area contributed by atoms with Crippen molar-refractivity contribution in [2.45, 2.75) is 0 Å². The first-order valence-corrected chi connectivity index (χ1v) is 5.49. The number of phenolic OH excluding ortho intramolecular Hbond substituents is 1. The van der Waals surface area contributed by atoms with Crippen molar-refractivity contribution < 1.29 is 9.52 Å². The smallest absolute Gasteiger partial charge is 0.0861 e. The van der Waals surface area contributed by atoms with Crippen molar-refractivity contribution in [3.8, 4) is 17.1 Å². The predicted molar refractivity (Wildman–Crippen MR) is 68.4 cm³/mol. The summed E-state index contributed by atoms with van der Waals surface area (Å²) in [5.74, 6) is 0.288. The molecule has 0 bridgehead atoms. The van der Waals surface area contributed by atoms with E-state index in [1.54, 1.807) is 12.1 Å². The quantitative estimate of drug-likeness (QED) is 0.662. The van der Waals surface area contributed by atoms with Gasteiger partial charge in [0.25, 0.3) is 0 Å². The predicted octanol–water partition coefficient (Wildman–Crippen LogP) is 2.97. The highest BCUT2D eigenvalue weighted by Crippen LogP contribution is 2.25. The van der Waals surface area contributed by atoms with Crippen molar-refractivity contribution in [1.29, 1.82) is 0 Å². The summed E-state index contributed by atoms with van der Waals surface area (Å²) in [5, 5.41) is 9.80. The van der Waals surface area contributed by atoms with Crippen LogP contribution >= 0.6 is 0 Å². The molecule has 0 spiro atoms. The van der Waals surface area contributed by atoms with E-state index in [0.717, 1.165) is 5.56 Å². The molecule has 3 nitrogen and oxygen atoms in total. The van der Waals surface area contributed by atoms with Gasteiger partial charge in [-0.15, -0.1) is 12.1 Å². The van der Waals surface area contributed by atoms with Gasteiger partial charge in [-0.25, -0.2) is 0 Å². The molecule has 0 saturated carbocycles. The van der Waals surface area contributed by atoms with Gasteiger partial charge in [0, 0.05) is 11.1 Å². The highest BCUT2D eigenvalue weighted by Gasteiger charge is 2.01. The fraction of sp³-hybridized carbons (Fsp3) is 0. The number of phenols is 1. The molecule has 0 aliphatic heterocycles. The minimum Gasteiger partial charge on any atom is -0.520 e. The Hall–Kier alpha value is -2.55. The Balaban J connectivity index is 2.33. The molecule has 0 saturated heterocycles. The Kier molecular flexibility index (Phi) is 2.38. The number of hydrogen-bond acceptors (Lipinski definition) is 3. The first-order chi connectivity index (χ1) is 8.75. The van der Waals surface area contributed by atoms with E-state index in [1.807, 2.05) is 30.3 Å². The van der Waals surface area contributed by atoms with E-state index in [2.05, 4.69) is 6.07 Å². The molecule has 18 heavy (non-hydrogen) atoms. The maximum absolute atomic E-state index is 11.9. The fourth-order valence-electron chi connectivity index (χ4n) is 1.85. The Morgan fingerprint density at radius 3 is 2.56 bits per heavy atom. The number of aromatic hydroxyl groups is 1. The van der Waals surface area contributed by atoms with Crippen molar-refractivity contribution >= 4 is 11.0 Å². The lowest BCUT2D eigenvalue weighted by Gasteiger charge is -2.11. The third kappa shape index (κ3) is 1.66. The molecule has 3 rings (SSSR count). The van der Waals surface area contributed by atoms with E-state index in [0.29, 0.717) is 11.3 Å². The summed E-state index contributed by atoms with van der Waals surface area (Å²) in [7, 11) is 0. The SMILES string of the molecule is O=c1[c-]c(-c2ccccc2)oc2cccc(O)c12. The molecule has 0 aliphatic rings. The van der Waals surface area contributed by atoms with Crippen LogP contribution in [0.4, 0.5) is 0 Å². The van der Waals surface area contributed by atoms with Crippen LogP contribution in [-0.4, -0.2) is 5.11 Å². The van der Waals surface area contributed by atoms with E-state index in [9.17, 15) is 9.90 Å². The highest BCUT2D eigenvalue weighted by molar-refractivity contribution is 5.84. The normalized spacial score (nSPS) is 10.7. The van der Waals surface area contributed by atoms with Crippen molar-refractivity contribution in [3.63, 3.8) is 0 Å². The van der Waals surface area contributed by atoms with Crippen LogP contribution in [0.3, 0.4) is 0 Å². The Bertz CT molecular complexity index is 758. The summed E-state index contributed by atoms with van der Waals surface area (Å²) in [6.07, 6.45) is 0. The summed E-state index contributed by atoms with van der Waals surface area (Å²) < 4.78 is 5.59. The minimum atomic E-state index is -0.367. The summed E-state index contributed by atoms with van der Waals surface area (Å²) in [6, 6.07) is 16.6. The third-order valence-corrected chi connectivity index (χ3v) is 2.71. The van der Waals surface area contributed by atoms with Crippen LogP contribution < -0.4 is 5.43 Å². The van der Waals surface area contributed by atoms with Gasteiger partial charge in [-0.3, -0.25) is 0 Å². The molecule has 1 heterocycles. The van der Waals surface area contributed by atoms with Crippen molar-refractivity contribution in [2.75, 3.05) is 0 Å². The monoisotopic (exact) mass is 237 g/mol. The molecule has 0 atom stereocenters. The van der Waals surface area contributed by atoms with E-state index in [4.69, 9.17) is 4.42 Å². The van der Waals surface area contributed by atoms with Crippen molar-refractivity contribution in [1.82, 2.24) is 0 Å². The average Bonchev–Trinajstić information content (AvgIpc) is 2.39. The number of hydrogen-bond donors (Lipinski definition) is 1. The van der Waals surface area contributed by atoms with Crippen LogP contribution in [0.1, 0.15) is 0 Å². The molecule has 0 amide bonds. The third-order valence-electron chi connectivity index (χ3n) is 2.71. The zero-order chi connectivity index (χ0) is 12.5. The van der Waals surface area contributed by atoms with Crippen LogP contribution in [0.15, 0.2) is 57.7 Å². The molecule has 0 radical (unpaired) electrons.